The largest absolute Gasteiger partial charge is 0.148 e. The molecule has 0 unspecified atom stereocenters. The second kappa shape index (κ2) is 0.521. The summed E-state index contributed by atoms with van der Waals surface area (Å²) in [6.07, 6.45) is 3.21. The van der Waals surface area contributed by atoms with Crippen LogP contribution in [0.5, 0.6) is 0 Å². The van der Waals surface area contributed by atoms with Crippen molar-refractivity contribution >= 4 is 12.6 Å². The van der Waals surface area contributed by atoms with E-state index in [0.717, 1.165) is 6.42 Å². The van der Waals surface area contributed by atoms with Crippen LogP contribution < -0.4 is 0 Å². The number of allylic oxidation sites excluding steroid dienone is 2. The molecule has 1 aliphatic carbocycles. The van der Waals surface area contributed by atoms with Crippen molar-refractivity contribution in [3.05, 3.63) is 11.0 Å². The lowest BCUT2D eigenvalue weighted by molar-refractivity contribution is 1.68. The van der Waals surface area contributed by atoms with Crippen LogP contribution in [0, 0.1) is 0 Å². The van der Waals surface area contributed by atoms with E-state index in [1.165, 1.54) is 4.91 Å². The van der Waals surface area contributed by atoms with Gasteiger partial charge in [0.15, 0.2) is 0 Å². The second-order valence-corrected chi connectivity index (χ2v) is 1.47. The maximum absolute atomic E-state index is 3.94. The lowest BCUT2D eigenvalue weighted by Crippen LogP contribution is -1.17. The van der Waals surface area contributed by atoms with Crippen LogP contribution in [0.15, 0.2) is 11.0 Å². The van der Waals surface area contributed by atoms with Crippen molar-refractivity contribution in [2.45, 2.75) is 6.42 Å². The quantitative estimate of drug-likeness (QED) is 0.408. The lowest BCUT2D eigenvalue weighted by Gasteiger charge is -1.46. The molecule has 0 amide bonds. The Morgan fingerprint density at radius 3 is 2.25 bits per heavy atom. The van der Waals surface area contributed by atoms with Crippen LogP contribution in [0.4, 0.5) is 0 Å². The molecule has 4 heavy (non-hydrogen) atoms. The fraction of sp³-hybridized carbons (Fsp3) is 0.333. The monoisotopic (exact) mass is 72.0 g/mol. The van der Waals surface area contributed by atoms with Crippen LogP contribution in [-0.2, 0) is 0 Å². The molecule has 0 radical (unpaired) electrons. The average molecular weight is 72.1 g/mol. The predicted octanol–water partition coefficient (Wildman–Crippen LogP) is 1.20. The standard InChI is InChI=1S/C3H4S/c4-3-1-2-3/h1,4H,2H2. The van der Waals surface area contributed by atoms with Gasteiger partial charge in [-0.25, -0.2) is 0 Å². The van der Waals surface area contributed by atoms with Gasteiger partial charge in [0.25, 0.3) is 0 Å². The van der Waals surface area contributed by atoms with Crippen LogP contribution in [0.2, 0.25) is 0 Å². The third kappa shape index (κ3) is 0.260. The Morgan fingerprint density at radius 2 is 2.25 bits per heavy atom. The molecule has 0 spiro atoms. The SMILES string of the molecule is SC1=CC1. The molecular formula is C3H4S. The van der Waals surface area contributed by atoms with Gasteiger partial charge in [-0.3, -0.25) is 0 Å². The zero-order valence-corrected chi connectivity index (χ0v) is 3.13. The van der Waals surface area contributed by atoms with Gasteiger partial charge in [-0.1, -0.05) is 6.08 Å². The Bertz CT molecular complexity index is 54.3. The van der Waals surface area contributed by atoms with Gasteiger partial charge in [0, 0.05) is 0 Å². The van der Waals surface area contributed by atoms with Crippen LogP contribution in [0.25, 0.3) is 0 Å². The Labute approximate surface area is 30.9 Å². The molecule has 0 N–H and O–H groups in total. The topological polar surface area (TPSA) is 0 Å². The van der Waals surface area contributed by atoms with Gasteiger partial charge in [0.2, 0.25) is 0 Å². The van der Waals surface area contributed by atoms with E-state index in [-0.39, 0.29) is 0 Å². The highest BCUT2D eigenvalue weighted by molar-refractivity contribution is 7.84. The molecule has 0 fully saturated rings. The lowest BCUT2D eigenvalue weighted by atomic mass is 10.9. The summed E-state index contributed by atoms with van der Waals surface area (Å²) in [6, 6.07) is 0. The Balaban J connectivity index is 2.54. The molecule has 0 nitrogen and oxygen atoms in total. The number of hydrogen-bond donors (Lipinski definition) is 1. The number of rotatable bonds is 0. The van der Waals surface area contributed by atoms with Crippen molar-refractivity contribution < 1.29 is 0 Å². The minimum absolute atomic E-state index is 1.14. The van der Waals surface area contributed by atoms with Gasteiger partial charge in [0.1, 0.15) is 0 Å². The van der Waals surface area contributed by atoms with Crippen molar-refractivity contribution in [2.75, 3.05) is 0 Å². The molecule has 0 heterocycles. The van der Waals surface area contributed by atoms with Crippen LogP contribution >= 0.6 is 12.6 Å². The summed E-state index contributed by atoms with van der Waals surface area (Å²) >= 11 is 3.94. The summed E-state index contributed by atoms with van der Waals surface area (Å²) in [5.74, 6) is 0. The smallest absolute Gasteiger partial charge is 0.00320 e. The number of thiol groups is 1. The molecule has 0 bridgehead atoms. The molecule has 0 aromatic heterocycles. The van der Waals surface area contributed by atoms with E-state index < -0.39 is 0 Å². The maximum Gasteiger partial charge on any atom is -0.00320 e. The third-order valence-corrected chi connectivity index (χ3v) is 0.752. The van der Waals surface area contributed by atoms with Gasteiger partial charge >= 0.3 is 0 Å². The van der Waals surface area contributed by atoms with E-state index in [1.54, 1.807) is 0 Å². The summed E-state index contributed by atoms with van der Waals surface area (Å²) in [4.78, 5) is 1.24. The fourth-order valence-corrected chi connectivity index (χ4v) is 0.137. The molecule has 1 aliphatic rings. The van der Waals surface area contributed by atoms with Gasteiger partial charge < -0.3 is 0 Å². The first-order valence-corrected chi connectivity index (χ1v) is 1.72. The maximum atomic E-state index is 3.94. The van der Waals surface area contributed by atoms with Crippen molar-refractivity contribution in [3.8, 4) is 0 Å². The van der Waals surface area contributed by atoms with E-state index in [9.17, 15) is 0 Å². The normalized spacial score (nSPS) is 19.8. The van der Waals surface area contributed by atoms with E-state index in [2.05, 4.69) is 18.7 Å². The summed E-state index contributed by atoms with van der Waals surface area (Å²) in [5.41, 5.74) is 0. The van der Waals surface area contributed by atoms with Crippen LogP contribution in [0.3, 0.4) is 0 Å². The van der Waals surface area contributed by atoms with Crippen molar-refractivity contribution in [1.82, 2.24) is 0 Å². The van der Waals surface area contributed by atoms with Crippen molar-refractivity contribution in [1.29, 1.82) is 0 Å². The molecule has 0 saturated carbocycles. The first-order chi connectivity index (χ1) is 1.89. The van der Waals surface area contributed by atoms with E-state index in [0.29, 0.717) is 0 Å². The number of hydrogen-bond acceptors (Lipinski definition) is 1. The molecular weight excluding hydrogens is 68.1 g/mol. The summed E-state index contributed by atoms with van der Waals surface area (Å²) in [5, 5.41) is 0. The van der Waals surface area contributed by atoms with E-state index >= 15 is 0 Å². The average Bonchev–Trinajstić information content (AvgIpc) is 1.75. The first-order valence-electron chi connectivity index (χ1n) is 1.27. The summed E-state index contributed by atoms with van der Waals surface area (Å²) in [6.45, 7) is 0. The Morgan fingerprint density at radius 1 is 2.00 bits per heavy atom. The molecule has 0 saturated heterocycles. The summed E-state index contributed by atoms with van der Waals surface area (Å²) in [7, 11) is 0. The zero-order chi connectivity index (χ0) is 2.99. The fourth-order valence-electron chi connectivity index (χ4n) is 0.0456. The molecule has 22 valence electrons. The van der Waals surface area contributed by atoms with Crippen LogP contribution in [0.1, 0.15) is 6.42 Å². The zero-order valence-electron chi connectivity index (χ0n) is 2.23. The highest BCUT2D eigenvalue weighted by Crippen LogP contribution is 2.20. The first kappa shape index (κ1) is 2.33. The van der Waals surface area contributed by atoms with Gasteiger partial charge in [-0.15, -0.1) is 12.6 Å². The predicted molar refractivity (Wildman–Crippen MR) is 21.7 cm³/mol. The van der Waals surface area contributed by atoms with Gasteiger partial charge in [-0.2, -0.15) is 0 Å². The highest BCUT2D eigenvalue weighted by Gasteiger charge is 1.95. The molecule has 0 aromatic carbocycles. The van der Waals surface area contributed by atoms with Crippen molar-refractivity contribution in [3.63, 3.8) is 0 Å². The molecule has 1 rings (SSSR count). The van der Waals surface area contributed by atoms with E-state index in [4.69, 9.17) is 0 Å². The Hall–Kier alpha value is 0.0900. The molecule has 0 aliphatic heterocycles. The molecule has 0 atom stereocenters. The van der Waals surface area contributed by atoms with Gasteiger partial charge in [-0.05, 0) is 11.3 Å². The molecule has 1 heteroatoms. The minimum Gasteiger partial charge on any atom is -0.148 e. The van der Waals surface area contributed by atoms with Crippen molar-refractivity contribution in [2.24, 2.45) is 0 Å². The highest BCUT2D eigenvalue weighted by atomic mass is 32.1. The second-order valence-electron chi connectivity index (χ2n) is 0.900. The van der Waals surface area contributed by atoms with E-state index in [1.807, 2.05) is 0 Å². The minimum atomic E-state index is 1.14. The van der Waals surface area contributed by atoms with Crippen LogP contribution in [-0.4, -0.2) is 0 Å². The third-order valence-electron chi connectivity index (χ3n) is 0.387. The molecule has 0 aromatic rings. The van der Waals surface area contributed by atoms with Gasteiger partial charge in [0.05, 0.1) is 0 Å². The Kier molecular flexibility index (Phi) is 0.304. The summed E-state index contributed by atoms with van der Waals surface area (Å²) < 4.78 is 0.